The van der Waals surface area contributed by atoms with Crippen LogP contribution in [0, 0.1) is 0 Å². The summed E-state index contributed by atoms with van der Waals surface area (Å²) in [5, 5.41) is 2.51. The van der Waals surface area contributed by atoms with Crippen LogP contribution >= 0.6 is 0 Å². The molecule has 4 heteroatoms. The predicted molar refractivity (Wildman–Crippen MR) is 50.0 cm³/mol. The van der Waals surface area contributed by atoms with Crippen molar-refractivity contribution in [2.24, 2.45) is 5.73 Å². The van der Waals surface area contributed by atoms with Gasteiger partial charge in [-0.2, -0.15) is 0 Å². The minimum Gasteiger partial charge on any atom is -0.358 e. The molecule has 1 aromatic rings. The van der Waals surface area contributed by atoms with E-state index in [1.54, 1.807) is 19.4 Å². The molecular formula is C9H13N3O. The first-order chi connectivity index (χ1) is 6.24. The first-order valence-corrected chi connectivity index (χ1v) is 4.10. The molecule has 1 atom stereocenters. The molecule has 4 nitrogen and oxygen atoms in total. The van der Waals surface area contributed by atoms with Crippen molar-refractivity contribution in [1.82, 2.24) is 10.3 Å². The summed E-state index contributed by atoms with van der Waals surface area (Å²) >= 11 is 0. The van der Waals surface area contributed by atoms with E-state index >= 15 is 0 Å². The number of nitrogens with zero attached hydrogens (tertiary/aromatic N) is 1. The summed E-state index contributed by atoms with van der Waals surface area (Å²) in [5.41, 5.74) is 6.65. The molecule has 3 N–H and O–H groups in total. The standard InChI is InChI=1S/C9H13N3O/c1-11-9(13)8(10)6-7-2-4-12-5-3-7/h2-5,8H,6,10H2,1H3,(H,11,13)/t8-/m1/s1. The molecule has 13 heavy (non-hydrogen) atoms. The zero-order chi connectivity index (χ0) is 9.68. The van der Waals surface area contributed by atoms with E-state index in [4.69, 9.17) is 5.73 Å². The summed E-state index contributed by atoms with van der Waals surface area (Å²) < 4.78 is 0. The number of carbonyl (C=O) groups excluding carboxylic acids is 1. The zero-order valence-electron chi connectivity index (χ0n) is 7.53. The van der Waals surface area contributed by atoms with Gasteiger partial charge >= 0.3 is 0 Å². The molecule has 1 rings (SSSR count). The zero-order valence-corrected chi connectivity index (χ0v) is 7.53. The van der Waals surface area contributed by atoms with Gasteiger partial charge < -0.3 is 11.1 Å². The van der Waals surface area contributed by atoms with Crippen LogP contribution in [-0.2, 0) is 11.2 Å². The molecule has 0 saturated carbocycles. The fourth-order valence-electron chi connectivity index (χ4n) is 1.05. The van der Waals surface area contributed by atoms with Gasteiger partial charge in [0.25, 0.3) is 0 Å². The van der Waals surface area contributed by atoms with Crippen molar-refractivity contribution in [3.63, 3.8) is 0 Å². The maximum atomic E-state index is 11.1. The van der Waals surface area contributed by atoms with E-state index in [0.717, 1.165) is 5.56 Å². The minimum absolute atomic E-state index is 0.142. The molecule has 0 saturated heterocycles. The second kappa shape index (κ2) is 4.57. The predicted octanol–water partition coefficient (Wildman–Crippen LogP) is -0.303. The molecule has 0 aliphatic heterocycles. The first-order valence-electron chi connectivity index (χ1n) is 4.10. The second-order valence-electron chi connectivity index (χ2n) is 2.78. The molecule has 0 aliphatic rings. The summed E-state index contributed by atoms with van der Waals surface area (Å²) in [4.78, 5) is 14.9. The van der Waals surface area contributed by atoms with E-state index in [-0.39, 0.29) is 5.91 Å². The Kier molecular flexibility index (Phi) is 3.40. The average Bonchev–Trinajstić information content (AvgIpc) is 2.18. The van der Waals surface area contributed by atoms with Crippen LogP contribution in [-0.4, -0.2) is 24.0 Å². The average molecular weight is 179 g/mol. The molecule has 0 unspecified atom stereocenters. The van der Waals surface area contributed by atoms with Gasteiger partial charge in [-0.3, -0.25) is 9.78 Å². The highest BCUT2D eigenvalue weighted by molar-refractivity contribution is 5.81. The van der Waals surface area contributed by atoms with Crippen LogP contribution in [0.2, 0.25) is 0 Å². The molecule has 70 valence electrons. The molecule has 1 heterocycles. The third-order valence-corrected chi connectivity index (χ3v) is 1.79. The minimum atomic E-state index is -0.479. The topological polar surface area (TPSA) is 68.0 Å². The Hall–Kier alpha value is -1.42. The molecule has 0 spiro atoms. The quantitative estimate of drug-likeness (QED) is 0.669. The fraction of sp³-hybridized carbons (Fsp3) is 0.333. The summed E-state index contributed by atoms with van der Waals surface area (Å²) in [6.07, 6.45) is 3.92. The van der Waals surface area contributed by atoms with Crippen LogP contribution in [0.25, 0.3) is 0 Å². The summed E-state index contributed by atoms with van der Waals surface area (Å²) in [6, 6.07) is 3.22. The lowest BCUT2D eigenvalue weighted by Gasteiger charge is -2.08. The monoisotopic (exact) mass is 179 g/mol. The first kappa shape index (κ1) is 9.67. The van der Waals surface area contributed by atoms with E-state index < -0.39 is 6.04 Å². The Balaban J connectivity index is 2.55. The van der Waals surface area contributed by atoms with Crippen molar-refractivity contribution in [3.8, 4) is 0 Å². The van der Waals surface area contributed by atoms with Gasteiger partial charge in [-0.15, -0.1) is 0 Å². The Morgan fingerprint density at radius 3 is 2.77 bits per heavy atom. The molecule has 1 aromatic heterocycles. The van der Waals surface area contributed by atoms with Crippen molar-refractivity contribution < 1.29 is 4.79 Å². The smallest absolute Gasteiger partial charge is 0.237 e. The summed E-state index contributed by atoms with van der Waals surface area (Å²) in [5.74, 6) is -0.142. The van der Waals surface area contributed by atoms with E-state index in [0.29, 0.717) is 6.42 Å². The number of hydrogen-bond donors (Lipinski definition) is 2. The maximum absolute atomic E-state index is 11.1. The number of hydrogen-bond acceptors (Lipinski definition) is 3. The lowest BCUT2D eigenvalue weighted by molar-refractivity contribution is -0.121. The summed E-state index contributed by atoms with van der Waals surface area (Å²) in [7, 11) is 1.58. The number of amides is 1. The van der Waals surface area contributed by atoms with E-state index in [9.17, 15) is 4.79 Å². The van der Waals surface area contributed by atoms with Gasteiger partial charge in [-0.1, -0.05) is 0 Å². The highest BCUT2D eigenvalue weighted by Crippen LogP contribution is 1.99. The van der Waals surface area contributed by atoms with Crippen LogP contribution in [0.15, 0.2) is 24.5 Å². The second-order valence-corrected chi connectivity index (χ2v) is 2.78. The lowest BCUT2D eigenvalue weighted by Crippen LogP contribution is -2.40. The van der Waals surface area contributed by atoms with Crippen LogP contribution in [0.1, 0.15) is 5.56 Å². The van der Waals surface area contributed by atoms with Gasteiger partial charge in [0.2, 0.25) is 5.91 Å². The van der Waals surface area contributed by atoms with Gasteiger partial charge in [-0.25, -0.2) is 0 Å². The Labute approximate surface area is 77.2 Å². The molecule has 0 aromatic carbocycles. The maximum Gasteiger partial charge on any atom is 0.237 e. The number of nitrogens with two attached hydrogens (primary N) is 1. The Bertz CT molecular complexity index is 273. The van der Waals surface area contributed by atoms with Crippen LogP contribution in [0.5, 0.6) is 0 Å². The highest BCUT2D eigenvalue weighted by Gasteiger charge is 2.11. The number of aromatic nitrogens is 1. The van der Waals surface area contributed by atoms with Crippen LogP contribution in [0.4, 0.5) is 0 Å². The number of rotatable bonds is 3. The SMILES string of the molecule is CNC(=O)[C@H](N)Cc1ccncc1. The Morgan fingerprint density at radius 1 is 1.62 bits per heavy atom. The van der Waals surface area contributed by atoms with E-state index in [2.05, 4.69) is 10.3 Å². The van der Waals surface area contributed by atoms with Gasteiger partial charge in [0.15, 0.2) is 0 Å². The largest absolute Gasteiger partial charge is 0.358 e. The van der Waals surface area contributed by atoms with Crippen LogP contribution in [0.3, 0.4) is 0 Å². The van der Waals surface area contributed by atoms with Crippen molar-refractivity contribution in [3.05, 3.63) is 30.1 Å². The molecule has 1 amide bonds. The molecular weight excluding hydrogens is 166 g/mol. The van der Waals surface area contributed by atoms with Gasteiger partial charge in [-0.05, 0) is 24.1 Å². The van der Waals surface area contributed by atoms with Crippen molar-refractivity contribution in [1.29, 1.82) is 0 Å². The van der Waals surface area contributed by atoms with Gasteiger partial charge in [0, 0.05) is 19.4 Å². The van der Waals surface area contributed by atoms with Crippen LogP contribution < -0.4 is 11.1 Å². The van der Waals surface area contributed by atoms with Crippen molar-refractivity contribution >= 4 is 5.91 Å². The van der Waals surface area contributed by atoms with Crippen molar-refractivity contribution in [2.75, 3.05) is 7.05 Å². The van der Waals surface area contributed by atoms with E-state index in [1.807, 2.05) is 12.1 Å². The third-order valence-electron chi connectivity index (χ3n) is 1.79. The molecule has 0 aliphatic carbocycles. The molecule has 0 bridgehead atoms. The number of likely N-dealkylation sites (N-methyl/N-ethyl adjacent to an activating group) is 1. The Morgan fingerprint density at radius 2 is 2.23 bits per heavy atom. The highest BCUT2D eigenvalue weighted by atomic mass is 16.2. The third kappa shape index (κ3) is 2.83. The van der Waals surface area contributed by atoms with Gasteiger partial charge in [0.05, 0.1) is 6.04 Å². The molecule has 0 fully saturated rings. The normalized spacial score (nSPS) is 12.2. The number of pyridine rings is 1. The van der Waals surface area contributed by atoms with Crippen molar-refractivity contribution in [2.45, 2.75) is 12.5 Å². The molecule has 0 radical (unpaired) electrons. The number of carbonyl (C=O) groups is 1. The van der Waals surface area contributed by atoms with Gasteiger partial charge in [0.1, 0.15) is 0 Å². The number of nitrogens with one attached hydrogen (secondary N) is 1. The fourth-order valence-corrected chi connectivity index (χ4v) is 1.05. The lowest BCUT2D eigenvalue weighted by atomic mass is 10.1. The van der Waals surface area contributed by atoms with E-state index in [1.165, 1.54) is 0 Å². The summed E-state index contributed by atoms with van der Waals surface area (Å²) in [6.45, 7) is 0.